The minimum Gasteiger partial charge on any atom is -0.310 e. The van der Waals surface area contributed by atoms with Crippen LogP contribution in [0.2, 0.25) is 0 Å². The Morgan fingerprint density at radius 1 is 0.353 bits per heavy atom. The molecule has 1 aromatic heterocycles. The number of benzene rings is 8. The van der Waals surface area contributed by atoms with E-state index >= 15 is 0 Å². The molecule has 0 atom stereocenters. The maximum absolute atomic E-state index is 2.44. The fraction of sp³-hybridized carbons (Fsp3) is 0.0204. The Labute approximate surface area is 302 Å². The molecule has 8 aromatic carbocycles. The smallest absolute Gasteiger partial charge is 0.0714 e. The van der Waals surface area contributed by atoms with E-state index in [1.165, 1.54) is 64.7 Å². The van der Waals surface area contributed by atoms with Crippen LogP contribution < -0.4 is 4.90 Å². The third-order valence-corrected chi connectivity index (χ3v) is 11.7. The monoisotopic (exact) mass is 667 g/mol. The summed E-state index contributed by atoms with van der Waals surface area (Å²) in [5, 5.41) is 2.65. The van der Waals surface area contributed by atoms with Crippen molar-refractivity contribution in [1.29, 1.82) is 0 Å². The number of anilines is 3. The molecule has 51 heavy (non-hydrogen) atoms. The average molecular weight is 668 g/mol. The lowest BCUT2D eigenvalue weighted by molar-refractivity contribution is 0.768. The zero-order valence-corrected chi connectivity index (χ0v) is 28.7. The molecule has 9 aromatic rings. The predicted molar refractivity (Wildman–Crippen MR) is 217 cm³/mol. The van der Waals surface area contributed by atoms with Gasteiger partial charge in [-0.3, -0.25) is 0 Å². The van der Waals surface area contributed by atoms with Gasteiger partial charge in [0.15, 0.2) is 0 Å². The number of nitrogens with zero attached hydrogens (tertiary/aromatic N) is 1. The van der Waals surface area contributed by atoms with Gasteiger partial charge in [-0.1, -0.05) is 146 Å². The van der Waals surface area contributed by atoms with Crippen molar-refractivity contribution in [2.45, 2.75) is 5.41 Å². The van der Waals surface area contributed by atoms with Crippen molar-refractivity contribution in [3.8, 4) is 22.3 Å². The summed E-state index contributed by atoms with van der Waals surface area (Å²) in [6, 6.07) is 73.4. The fourth-order valence-corrected chi connectivity index (χ4v) is 9.39. The molecule has 1 aliphatic rings. The predicted octanol–water partition coefficient (Wildman–Crippen LogP) is 13.6. The highest BCUT2D eigenvalue weighted by molar-refractivity contribution is 7.25. The van der Waals surface area contributed by atoms with E-state index in [1.54, 1.807) is 0 Å². The molecule has 10 rings (SSSR count). The molecule has 0 N–H and O–H groups in total. The molecule has 240 valence electrons. The minimum atomic E-state index is -0.457. The summed E-state index contributed by atoms with van der Waals surface area (Å²) >= 11 is 1.86. The molecule has 0 amide bonds. The highest BCUT2D eigenvalue weighted by Crippen LogP contribution is 2.57. The van der Waals surface area contributed by atoms with Crippen LogP contribution in [0.5, 0.6) is 0 Å². The van der Waals surface area contributed by atoms with Crippen molar-refractivity contribution in [2.24, 2.45) is 0 Å². The molecular weight excluding hydrogens is 635 g/mol. The molecule has 0 radical (unpaired) electrons. The van der Waals surface area contributed by atoms with E-state index in [4.69, 9.17) is 0 Å². The normalized spacial score (nSPS) is 12.9. The summed E-state index contributed by atoms with van der Waals surface area (Å²) in [6.07, 6.45) is 0. The topological polar surface area (TPSA) is 3.24 Å². The Hall–Kier alpha value is -6.22. The fourth-order valence-electron chi connectivity index (χ4n) is 8.30. The molecule has 0 bridgehead atoms. The van der Waals surface area contributed by atoms with Crippen LogP contribution in [0.25, 0.3) is 42.4 Å². The second-order valence-electron chi connectivity index (χ2n) is 13.3. The lowest BCUT2D eigenvalue weighted by atomic mass is 9.67. The zero-order chi connectivity index (χ0) is 33.8. The third kappa shape index (κ3) is 4.68. The highest BCUT2D eigenvalue weighted by atomic mass is 32.1. The number of para-hydroxylation sites is 1. The molecule has 1 heterocycles. The number of thiophene rings is 1. The van der Waals surface area contributed by atoms with Crippen molar-refractivity contribution in [3.63, 3.8) is 0 Å². The van der Waals surface area contributed by atoms with Gasteiger partial charge in [-0.25, -0.2) is 0 Å². The van der Waals surface area contributed by atoms with Crippen molar-refractivity contribution in [3.05, 3.63) is 222 Å². The SMILES string of the molecule is c1ccc(N(c2ccc(-c3ccc4sc5ccccc5c4c3)cc2)c2ccc3c(c2)C(c2ccccc2)(c2ccccc2)c2ccccc2-3)cc1. The second kappa shape index (κ2) is 12.0. The van der Waals surface area contributed by atoms with Gasteiger partial charge in [0.2, 0.25) is 0 Å². The van der Waals surface area contributed by atoms with E-state index in [-0.39, 0.29) is 0 Å². The first kappa shape index (κ1) is 29.7. The maximum atomic E-state index is 2.44. The Morgan fingerprint density at radius 2 is 0.902 bits per heavy atom. The summed E-state index contributed by atoms with van der Waals surface area (Å²) in [7, 11) is 0. The van der Waals surface area contributed by atoms with Gasteiger partial charge in [0, 0.05) is 37.2 Å². The number of rotatable bonds is 6. The number of fused-ring (bicyclic) bond motifs is 6. The Morgan fingerprint density at radius 3 is 1.65 bits per heavy atom. The Bertz CT molecular complexity index is 2640. The summed E-state index contributed by atoms with van der Waals surface area (Å²) in [5.74, 6) is 0. The van der Waals surface area contributed by atoms with Crippen LogP contribution in [0.3, 0.4) is 0 Å². The molecule has 1 nitrogen and oxygen atoms in total. The van der Waals surface area contributed by atoms with E-state index in [0.717, 1.165) is 17.1 Å². The van der Waals surface area contributed by atoms with Gasteiger partial charge in [0.05, 0.1) is 5.41 Å². The van der Waals surface area contributed by atoms with Gasteiger partial charge < -0.3 is 4.90 Å². The largest absolute Gasteiger partial charge is 0.310 e. The van der Waals surface area contributed by atoms with Gasteiger partial charge >= 0.3 is 0 Å². The van der Waals surface area contributed by atoms with E-state index in [2.05, 4.69) is 205 Å². The average Bonchev–Trinajstić information content (AvgIpc) is 3.73. The third-order valence-electron chi connectivity index (χ3n) is 10.6. The number of hydrogen-bond acceptors (Lipinski definition) is 2. The van der Waals surface area contributed by atoms with Crippen LogP contribution in [0, 0.1) is 0 Å². The lowest BCUT2D eigenvalue weighted by Crippen LogP contribution is -2.28. The first-order valence-corrected chi connectivity index (χ1v) is 18.3. The summed E-state index contributed by atoms with van der Waals surface area (Å²) in [4.78, 5) is 2.39. The molecule has 0 saturated heterocycles. The zero-order valence-electron chi connectivity index (χ0n) is 27.9. The number of hydrogen-bond donors (Lipinski definition) is 0. The van der Waals surface area contributed by atoms with Gasteiger partial charge in [-0.05, 0) is 99.1 Å². The summed E-state index contributed by atoms with van der Waals surface area (Å²) < 4.78 is 2.66. The highest BCUT2D eigenvalue weighted by Gasteiger charge is 2.46. The van der Waals surface area contributed by atoms with E-state index in [9.17, 15) is 0 Å². The van der Waals surface area contributed by atoms with Crippen molar-refractivity contribution < 1.29 is 0 Å². The van der Waals surface area contributed by atoms with Crippen molar-refractivity contribution >= 4 is 48.6 Å². The van der Waals surface area contributed by atoms with Crippen LogP contribution in [-0.4, -0.2) is 0 Å². The van der Waals surface area contributed by atoms with Gasteiger partial charge in [0.25, 0.3) is 0 Å². The van der Waals surface area contributed by atoms with Crippen LogP contribution >= 0.6 is 11.3 Å². The van der Waals surface area contributed by atoms with Crippen molar-refractivity contribution in [2.75, 3.05) is 4.90 Å². The molecule has 1 aliphatic carbocycles. The van der Waals surface area contributed by atoms with Gasteiger partial charge in [-0.15, -0.1) is 11.3 Å². The lowest BCUT2D eigenvalue weighted by Gasteiger charge is -2.35. The van der Waals surface area contributed by atoms with Crippen LogP contribution in [0.4, 0.5) is 17.1 Å². The Kier molecular flexibility index (Phi) is 6.97. The summed E-state index contributed by atoms with van der Waals surface area (Å²) in [6.45, 7) is 0. The van der Waals surface area contributed by atoms with Crippen LogP contribution in [-0.2, 0) is 5.41 Å². The molecule has 0 saturated carbocycles. The standard InChI is InChI=1S/C49H33NS/c1-4-14-36(15-5-1)49(37-16-6-2-7-17-37)45-22-12-10-20-41(45)42-30-29-40(33-46(42)49)50(38-18-8-3-9-19-38)39-27-24-34(25-28-39)35-26-31-48-44(32-35)43-21-11-13-23-47(43)51-48/h1-33H. The molecule has 0 aliphatic heterocycles. The molecule has 0 spiro atoms. The first-order chi connectivity index (χ1) is 25.3. The van der Waals surface area contributed by atoms with E-state index in [1.807, 2.05) is 11.3 Å². The van der Waals surface area contributed by atoms with E-state index in [0.29, 0.717) is 0 Å². The molecule has 2 heteroatoms. The second-order valence-corrected chi connectivity index (χ2v) is 14.4. The van der Waals surface area contributed by atoms with E-state index < -0.39 is 5.41 Å². The Balaban J connectivity index is 1.14. The minimum absolute atomic E-state index is 0.457. The first-order valence-electron chi connectivity index (χ1n) is 17.5. The van der Waals surface area contributed by atoms with Gasteiger partial charge in [0.1, 0.15) is 0 Å². The molecule has 0 fully saturated rings. The quantitative estimate of drug-likeness (QED) is 0.171. The maximum Gasteiger partial charge on any atom is 0.0714 e. The van der Waals surface area contributed by atoms with Crippen molar-refractivity contribution in [1.82, 2.24) is 0 Å². The molecular formula is C49H33NS. The summed E-state index contributed by atoms with van der Waals surface area (Å²) in [5.41, 5.74) is 13.1. The van der Waals surface area contributed by atoms with Crippen LogP contribution in [0.15, 0.2) is 200 Å². The molecule has 0 unspecified atom stereocenters. The van der Waals surface area contributed by atoms with Crippen LogP contribution in [0.1, 0.15) is 22.3 Å². The van der Waals surface area contributed by atoms with Gasteiger partial charge in [-0.2, -0.15) is 0 Å².